The van der Waals surface area contributed by atoms with E-state index < -0.39 is 96.6 Å². The van der Waals surface area contributed by atoms with E-state index in [2.05, 4.69) is 31.9 Å². The Bertz CT molecular complexity index is 1910. The molecule has 3 atom stereocenters. The highest BCUT2D eigenvalue weighted by atomic mass is 79.9. The van der Waals surface area contributed by atoms with Gasteiger partial charge in [-0.3, -0.25) is 19.2 Å². The molecule has 3 rings (SSSR count). The zero-order valence-electron chi connectivity index (χ0n) is 31.5. The maximum Gasteiger partial charge on any atom is 0.490 e. The van der Waals surface area contributed by atoms with E-state index in [1.54, 1.807) is 12.3 Å². The Morgan fingerprint density at radius 2 is 1.55 bits per heavy atom. The number of aliphatic carboxylic acids is 2. The number of hydrogen-bond acceptors (Lipinski definition) is 8. The minimum Gasteiger partial charge on any atom is -0.480 e. The number of carboxylic acid groups (broad SMARTS) is 2. The molecule has 0 saturated carbocycles. The van der Waals surface area contributed by atoms with Crippen LogP contribution in [0.5, 0.6) is 0 Å². The lowest BCUT2D eigenvalue weighted by Gasteiger charge is -2.41. The highest BCUT2D eigenvalue weighted by molar-refractivity contribution is 9.09. The molecular weight excluding hydrogens is 847 g/mol. The first-order valence-electron chi connectivity index (χ1n) is 17.3. The number of benzene rings is 2. The molecule has 58 heavy (non-hydrogen) atoms. The number of carboxylic acids is 2. The number of hydrogen-bond donors (Lipinski definition) is 7. The summed E-state index contributed by atoms with van der Waals surface area (Å²) >= 11 is 2.94. The van der Waals surface area contributed by atoms with Gasteiger partial charge in [0, 0.05) is 42.7 Å². The van der Waals surface area contributed by atoms with Gasteiger partial charge < -0.3 is 46.5 Å². The number of aliphatic hydroxyl groups is 1. The van der Waals surface area contributed by atoms with Gasteiger partial charge in [0.1, 0.15) is 24.3 Å². The van der Waals surface area contributed by atoms with Gasteiger partial charge in [-0.05, 0) is 41.7 Å². The van der Waals surface area contributed by atoms with Gasteiger partial charge in [-0.1, -0.05) is 67.0 Å². The number of alkyl halides is 4. The number of aliphatic hydroxyl groups excluding tert-OH is 1. The van der Waals surface area contributed by atoms with Crippen molar-refractivity contribution in [3.8, 4) is 11.1 Å². The standard InChI is InChI=1S/C35H43BrF2N6O7.C2HF3O2/c1-35(2,3)32(28-13-22(24-14-23(37)9-10-25(24)38)19-43(28)18-21-7-5-4-6-8-21)44(31(48)20-45)12-11-26(39)33(49)42-27(34(50)51)16-40-30(47)17-41-29(46)15-36;3-2(4,5)1(6)7/h4-10,13-14,19,26-27,32,45H,11-12,15-18,20,39H2,1-3H3,(H,40,47)(H,41,46)(H,42,49)(H,50,51);(H,6,7)/t26-,27?,32?;/m0./s1. The molecule has 0 bridgehead atoms. The Morgan fingerprint density at radius 3 is 2.09 bits per heavy atom. The van der Waals surface area contributed by atoms with Gasteiger partial charge >= 0.3 is 18.1 Å². The van der Waals surface area contributed by atoms with Crippen LogP contribution in [0.2, 0.25) is 0 Å². The third-order valence-corrected chi connectivity index (χ3v) is 8.69. The summed E-state index contributed by atoms with van der Waals surface area (Å²) in [5.74, 6) is -8.18. The van der Waals surface area contributed by atoms with Gasteiger partial charge in [0.2, 0.25) is 23.6 Å². The van der Waals surface area contributed by atoms with Crippen LogP contribution in [0.1, 0.15) is 44.5 Å². The number of carbonyl (C=O) groups is 6. The number of nitrogens with two attached hydrogens (primary N) is 1. The summed E-state index contributed by atoms with van der Waals surface area (Å²) in [5, 5.41) is 33.7. The predicted octanol–water partition coefficient (Wildman–Crippen LogP) is 2.94. The molecule has 2 unspecified atom stereocenters. The maximum atomic E-state index is 15.0. The second-order valence-electron chi connectivity index (χ2n) is 13.7. The average Bonchev–Trinajstić information content (AvgIpc) is 3.55. The van der Waals surface area contributed by atoms with Crippen LogP contribution in [0.15, 0.2) is 60.8 Å². The summed E-state index contributed by atoms with van der Waals surface area (Å²) in [4.78, 5) is 71.9. The molecule has 3 aromatic rings. The third-order valence-electron chi connectivity index (χ3n) is 8.18. The molecule has 1 heterocycles. The lowest BCUT2D eigenvalue weighted by Crippen LogP contribution is -2.54. The molecule has 8 N–H and O–H groups in total. The quantitative estimate of drug-likeness (QED) is 0.0774. The molecule has 15 nitrogen and oxygen atoms in total. The highest BCUT2D eigenvalue weighted by Crippen LogP contribution is 2.41. The van der Waals surface area contributed by atoms with Crippen LogP contribution < -0.4 is 21.7 Å². The predicted molar refractivity (Wildman–Crippen MR) is 202 cm³/mol. The minimum atomic E-state index is -5.08. The lowest BCUT2D eigenvalue weighted by molar-refractivity contribution is -0.192. The van der Waals surface area contributed by atoms with E-state index in [0.29, 0.717) is 17.8 Å². The topological polar surface area (TPSA) is 233 Å². The number of aromatic nitrogens is 1. The fraction of sp³-hybridized carbons (Fsp3) is 0.405. The number of halogens is 6. The summed E-state index contributed by atoms with van der Waals surface area (Å²) in [7, 11) is 0. The SMILES string of the molecule is CC(C)(C)C(c1cc(-c2cc(F)ccc2F)cn1Cc1ccccc1)N(CC[C@H](N)C(=O)NC(CNC(=O)CNC(=O)CBr)C(=O)O)C(=O)CO.O=C(O)C(F)(F)F. The fourth-order valence-electron chi connectivity index (χ4n) is 5.49. The summed E-state index contributed by atoms with van der Waals surface area (Å²) < 4.78 is 62.8. The van der Waals surface area contributed by atoms with Crippen LogP contribution in [-0.4, -0.2) is 110 Å². The number of nitrogens with one attached hydrogen (secondary N) is 3. The number of rotatable bonds is 17. The third kappa shape index (κ3) is 15.2. The van der Waals surface area contributed by atoms with Crippen molar-refractivity contribution < 1.29 is 66.0 Å². The van der Waals surface area contributed by atoms with Gasteiger partial charge in [0.05, 0.1) is 24.0 Å². The molecule has 0 radical (unpaired) electrons. The zero-order chi connectivity index (χ0) is 44.0. The monoisotopic (exact) mass is 890 g/mol. The van der Waals surface area contributed by atoms with Gasteiger partial charge in [0.25, 0.3) is 0 Å². The van der Waals surface area contributed by atoms with Crippen molar-refractivity contribution in [3.63, 3.8) is 0 Å². The van der Waals surface area contributed by atoms with E-state index in [1.165, 1.54) is 4.90 Å². The van der Waals surface area contributed by atoms with Crippen molar-refractivity contribution in [1.29, 1.82) is 0 Å². The van der Waals surface area contributed by atoms with Gasteiger partial charge in [-0.15, -0.1) is 0 Å². The van der Waals surface area contributed by atoms with E-state index in [4.69, 9.17) is 15.6 Å². The maximum absolute atomic E-state index is 15.0. The number of amides is 4. The second kappa shape index (κ2) is 21.9. The fourth-order valence-corrected chi connectivity index (χ4v) is 5.69. The normalized spacial score (nSPS) is 12.9. The highest BCUT2D eigenvalue weighted by Gasteiger charge is 2.39. The lowest BCUT2D eigenvalue weighted by atomic mass is 9.82. The van der Waals surface area contributed by atoms with Crippen LogP contribution in [0.3, 0.4) is 0 Å². The first-order chi connectivity index (χ1) is 27.0. The van der Waals surface area contributed by atoms with Gasteiger partial charge in [-0.2, -0.15) is 13.2 Å². The molecule has 0 spiro atoms. The number of nitrogens with zero attached hydrogens (tertiary/aromatic N) is 2. The van der Waals surface area contributed by atoms with E-state index in [-0.39, 0.29) is 23.9 Å². The van der Waals surface area contributed by atoms with E-state index >= 15 is 0 Å². The van der Waals surface area contributed by atoms with Crippen molar-refractivity contribution in [1.82, 2.24) is 25.4 Å². The smallest absolute Gasteiger partial charge is 0.480 e. The van der Waals surface area contributed by atoms with Crippen molar-refractivity contribution in [2.24, 2.45) is 11.1 Å². The summed E-state index contributed by atoms with van der Waals surface area (Å²) in [6, 6.07) is 10.5. The van der Waals surface area contributed by atoms with E-state index in [1.807, 2.05) is 55.7 Å². The minimum absolute atomic E-state index is 0.0160. The van der Waals surface area contributed by atoms with Crippen molar-refractivity contribution >= 4 is 51.5 Å². The Hall–Kier alpha value is -5.41. The van der Waals surface area contributed by atoms with Crippen molar-refractivity contribution in [3.05, 3.63) is 83.7 Å². The molecule has 0 fully saturated rings. The Labute approximate surface area is 337 Å². The molecule has 318 valence electrons. The molecule has 0 aliphatic rings. The molecule has 0 saturated heterocycles. The van der Waals surface area contributed by atoms with Gasteiger partial charge in [0.15, 0.2) is 0 Å². The molecule has 0 aliphatic carbocycles. The average molecular weight is 892 g/mol. The van der Waals surface area contributed by atoms with Crippen LogP contribution in [0.25, 0.3) is 11.1 Å². The zero-order valence-corrected chi connectivity index (χ0v) is 33.1. The first-order valence-corrected chi connectivity index (χ1v) is 18.4. The number of carbonyl (C=O) groups excluding carboxylic acids is 4. The van der Waals surface area contributed by atoms with Crippen LogP contribution in [-0.2, 0) is 35.3 Å². The summed E-state index contributed by atoms with van der Waals surface area (Å²) in [6.45, 7) is 3.96. The van der Waals surface area contributed by atoms with Crippen LogP contribution in [0, 0.1) is 17.0 Å². The van der Waals surface area contributed by atoms with E-state index in [9.17, 15) is 56.1 Å². The first kappa shape index (κ1) is 48.7. The molecule has 1 aromatic heterocycles. The molecule has 21 heteroatoms. The van der Waals surface area contributed by atoms with Gasteiger partial charge in [-0.25, -0.2) is 18.4 Å². The van der Waals surface area contributed by atoms with Crippen LogP contribution >= 0.6 is 15.9 Å². The summed E-state index contributed by atoms with van der Waals surface area (Å²) in [6.07, 6.45) is -3.58. The van der Waals surface area contributed by atoms with Crippen molar-refractivity contribution in [2.75, 3.05) is 31.6 Å². The molecule has 0 aliphatic heterocycles. The summed E-state index contributed by atoms with van der Waals surface area (Å²) in [5.41, 5.74) is 7.26. The van der Waals surface area contributed by atoms with Crippen LogP contribution in [0.4, 0.5) is 22.0 Å². The van der Waals surface area contributed by atoms with E-state index in [0.717, 1.165) is 23.8 Å². The van der Waals surface area contributed by atoms with Crippen molar-refractivity contribution in [2.45, 2.75) is 58.0 Å². The molecular formula is C37H44BrF5N6O9. The second-order valence-corrected chi connectivity index (χ2v) is 14.3. The Morgan fingerprint density at radius 1 is 0.931 bits per heavy atom. The Kier molecular flexibility index (Phi) is 18.4. The Balaban J connectivity index is 0.00000151. The molecule has 2 aromatic carbocycles. The largest absolute Gasteiger partial charge is 0.490 e. The molecule has 4 amide bonds.